The van der Waals surface area contributed by atoms with E-state index in [9.17, 15) is 0 Å². The molecule has 1 unspecified atom stereocenters. The Morgan fingerprint density at radius 2 is 1.80 bits per heavy atom. The number of hydrogen-bond acceptors (Lipinski definition) is 3. The number of hydrogen-bond donors (Lipinski definition) is 1. The van der Waals surface area contributed by atoms with Gasteiger partial charge in [-0.25, -0.2) is 4.68 Å². The van der Waals surface area contributed by atoms with E-state index in [1.807, 2.05) is 48.5 Å². The number of nitrogens with two attached hydrogens (primary N) is 1. The zero-order chi connectivity index (χ0) is 13.9. The topological polar surface area (TPSA) is 56.7 Å². The first kappa shape index (κ1) is 12.7. The average Bonchev–Trinajstić information content (AvgIpc) is 2.82. The van der Waals surface area contributed by atoms with Crippen molar-refractivity contribution in [1.29, 1.82) is 0 Å². The number of nitrogen functional groups attached to an aromatic ring is 1. The molecule has 1 atom stereocenters. The summed E-state index contributed by atoms with van der Waals surface area (Å²) in [6, 6.07) is 15.6. The fraction of sp³-hybridized carbons (Fsp3) is 0.0667. The molecule has 1 aromatic carbocycles. The van der Waals surface area contributed by atoms with Crippen molar-refractivity contribution in [3.05, 3.63) is 77.2 Å². The van der Waals surface area contributed by atoms with Gasteiger partial charge < -0.3 is 5.73 Å². The van der Waals surface area contributed by atoms with E-state index in [4.69, 9.17) is 17.3 Å². The van der Waals surface area contributed by atoms with Crippen LogP contribution in [0.25, 0.3) is 0 Å². The second-order valence-corrected chi connectivity index (χ2v) is 4.80. The molecule has 0 bridgehead atoms. The lowest BCUT2D eigenvalue weighted by atomic mass is 10.0. The van der Waals surface area contributed by atoms with Crippen molar-refractivity contribution in [2.45, 2.75) is 6.04 Å². The van der Waals surface area contributed by atoms with E-state index in [2.05, 4.69) is 10.1 Å². The first-order valence-corrected chi connectivity index (χ1v) is 6.59. The maximum atomic E-state index is 6.02. The highest BCUT2D eigenvalue weighted by Gasteiger charge is 2.21. The lowest BCUT2D eigenvalue weighted by Gasteiger charge is -2.19. The molecular formula is C15H13ClN4. The van der Waals surface area contributed by atoms with Crippen LogP contribution in [-0.2, 0) is 0 Å². The third-order valence-electron chi connectivity index (χ3n) is 3.11. The average molecular weight is 285 g/mol. The molecule has 0 aliphatic heterocycles. The van der Waals surface area contributed by atoms with Crippen molar-refractivity contribution < 1.29 is 0 Å². The quantitative estimate of drug-likeness (QED) is 0.804. The molecule has 4 nitrogen and oxygen atoms in total. The summed E-state index contributed by atoms with van der Waals surface area (Å²) in [4.78, 5) is 4.42. The van der Waals surface area contributed by atoms with Crippen LogP contribution in [-0.4, -0.2) is 14.8 Å². The number of rotatable bonds is 3. The minimum absolute atomic E-state index is 0.190. The molecule has 0 saturated heterocycles. The summed E-state index contributed by atoms with van der Waals surface area (Å²) in [5, 5.41) is 4.73. The van der Waals surface area contributed by atoms with Crippen LogP contribution < -0.4 is 5.73 Å². The molecule has 0 spiro atoms. The Balaban J connectivity index is 2.17. The molecule has 5 heteroatoms. The van der Waals surface area contributed by atoms with Crippen LogP contribution in [0.1, 0.15) is 17.3 Å². The normalized spacial score (nSPS) is 12.2. The van der Waals surface area contributed by atoms with Gasteiger partial charge in [-0.15, -0.1) is 0 Å². The van der Waals surface area contributed by atoms with Crippen molar-refractivity contribution in [2.24, 2.45) is 0 Å². The van der Waals surface area contributed by atoms with Gasteiger partial charge in [0.05, 0.1) is 11.9 Å². The Labute approximate surface area is 121 Å². The largest absolute Gasteiger partial charge is 0.383 e. The van der Waals surface area contributed by atoms with E-state index in [1.54, 1.807) is 17.1 Å². The van der Waals surface area contributed by atoms with Gasteiger partial charge in [-0.05, 0) is 17.7 Å². The Morgan fingerprint density at radius 1 is 1.05 bits per heavy atom. The van der Waals surface area contributed by atoms with Crippen molar-refractivity contribution in [3.8, 4) is 0 Å². The van der Waals surface area contributed by atoms with Gasteiger partial charge >= 0.3 is 0 Å². The monoisotopic (exact) mass is 284 g/mol. The van der Waals surface area contributed by atoms with E-state index < -0.39 is 0 Å². The molecule has 2 aromatic heterocycles. The number of pyridine rings is 1. The summed E-state index contributed by atoms with van der Waals surface area (Å²) in [5.74, 6) is 0.436. The van der Waals surface area contributed by atoms with Crippen molar-refractivity contribution in [3.63, 3.8) is 0 Å². The zero-order valence-electron chi connectivity index (χ0n) is 10.6. The van der Waals surface area contributed by atoms with Crippen LogP contribution in [0.15, 0.2) is 60.9 Å². The van der Waals surface area contributed by atoms with Crippen LogP contribution >= 0.6 is 11.6 Å². The first-order chi connectivity index (χ1) is 9.77. The van der Waals surface area contributed by atoms with Crippen LogP contribution in [0.4, 0.5) is 5.82 Å². The van der Waals surface area contributed by atoms with Crippen LogP contribution in [0, 0.1) is 0 Å². The Bertz CT molecular complexity index is 655. The number of nitrogens with zero attached hydrogens (tertiary/aromatic N) is 3. The molecule has 20 heavy (non-hydrogen) atoms. The third-order valence-corrected chi connectivity index (χ3v) is 3.41. The van der Waals surface area contributed by atoms with Crippen molar-refractivity contribution >= 4 is 17.4 Å². The van der Waals surface area contributed by atoms with Crippen molar-refractivity contribution in [2.75, 3.05) is 5.73 Å². The Morgan fingerprint density at radius 3 is 2.40 bits per heavy atom. The van der Waals surface area contributed by atoms with Gasteiger partial charge in [0.25, 0.3) is 0 Å². The lowest BCUT2D eigenvalue weighted by Crippen LogP contribution is -2.17. The number of anilines is 1. The van der Waals surface area contributed by atoms with Gasteiger partial charge in [0.1, 0.15) is 16.9 Å². The van der Waals surface area contributed by atoms with E-state index in [-0.39, 0.29) is 6.04 Å². The highest BCUT2D eigenvalue weighted by molar-refractivity contribution is 6.32. The van der Waals surface area contributed by atoms with Crippen LogP contribution in [0.2, 0.25) is 5.02 Å². The van der Waals surface area contributed by atoms with Crippen LogP contribution in [0.3, 0.4) is 0 Å². The Kier molecular flexibility index (Phi) is 3.39. The highest BCUT2D eigenvalue weighted by atomic mass is 35.5. The minimum Gasteiger partial charge on any atom is -0.383 e. The zero-order valence-corrected chi connectivity index (χ0v) is 11.4. The second-order valence-electron chi connectivity index (χ2n) is 4.39. The summed E-state index contributed by atoms with van der Waals surface area (Å²) in [5.41, 5.74) is 7.94. The summed E-state index contributed by atoms with van der Waals surface area (Å²) in [6.45, 7) is 0. The minimum atomic E-state index is -0.190. The van der Waals surface area contributed by atoms with Gasteiger partial charge in [-0.2, -0.15) is 5.10 Å². The molecule has 2 heterocycles. The summed E-state index contributed by atoms with van der Waals surface area (Å²) in [7, 11) is 0. The molecule has 0 aliphatic carbocycles. The van der Waals surface area contributed by atoms with Crippen LogP contribution in [0.5, 0.6) is 0 Å². The Hall–Kier alpha value is -2.33. The predicted molar refractivity (Wildman–Crippen MR) is 79.6 cm³/mol. The van der Waals surface area contributed by atoms with Gasteiger partial charge in [0.15, 0.2) is 0 Å². The smallest absolute Gasteiger partial charge is 0.141 e. The molecule has 0 amide bonds. The van der Waals surface area contributed by atoms with Gasteiger partial charge in [-0.1, -0.05) is 48.0 Å². The maximum Gasteiger partial charge on any atom is 0.141 e. The molecule has 0 aliphatic rings. The second kappa shape index (κ2) is 5.35. The number of benzene rings is 1. The fourth-order valence-corrected chi connectivity index (χ4v) is 2.30. The van der Waals surface area contributed by atoms with Gasteiger partial charge in [0.2, 0.25) is 0 Å². The summed E-state index contributed by atoms with van der Waals surface area (Å²) in [6.07, 6.45) is 3.31. The van der Waals surface area contributed by atoms with E-state index in [0.29, 0.717) is 10.8 Å². The lowest BCUT2D eigenvalue weighted by molar-refractivity contribution is 0.591. The summed E-state index contributed by atoms with van der Waals surface area (Å²) >= 11 is 6.02. The number of aromatic nitrogens is 3. The third kappa shape index (κ3) is 2.26. The van der Waals surface area contributed by atoms with E-state index in [0.717, 1.165) is 11.3 Å². The first-order valence-electron chi connectivity index (χ1n) is 6.21. The van der Waals surface area contributed by atoms with Crippen molar-refractivity contribution in [1.82, 2.24) is 14.8 Å². The number of halogens is 1. The molecule has 0 saturated carbocycles. The molecule has 3 rings (SSSR count). The fourth-order valence-electron chi connectivity index (χ4n) is 2.17. The molecule has 100 valence electrons. The molecule has 3 aromatic rings. The SMILES string of the molecule is Nc1c(Cl)cnn1C(c1ccccc1)c1ccccn1. The van der Waals surface area contributed by atoms with E-state index in [1.165, 1.54) is 0 Å². The van der Waals surface area contributed by atoms with E-state index >= 15 is 0 Å². The van der Waals surface area contributed by atoms with Gasteiger partial charge in [0, 0.05) is 6.20 Å². The molecule has 0 fully saturated rings. The standard InChI is InChI=1S/C15H13ClN4/c16-12-10-19-20(15(12)17)14(11-6-2-1-3-7-11)13-8-4-5-9-18-13/h1-10,14H,17H2. The van der Waals surface area contributed by atoms with Gasteiger partial charge in [-0.3, -0.25) is 4.98 Å². The molecule has 2 N–H and O–H groups in total. The summed E-state index contributed by atoms with van der Waals surface area (Å²) < 4.78 is 1.69. The molecular weight excluding hydrogens is 272 g/mol. The predicted octanol–water partition coefficient (Wildman–Crippen LogP) is 3.15. The molecule has 0 radical (unpaired) electrons. The highest BCUT2D eigenvalue weighted by Crippen LogP contribution is 2.29. The maximum absolute atomic E-state index is 6.02.